The Morgan fingerprint density at radius 1 is 1.24 bits per heavy atom. The molecule has 0 aliphatic carbocycles. The van der Waals surface area contributed by atoms with Crippen LogP contribution in [0, 0.1) is 0 Å². The third-order valence-corrected chi connectivity index (χ3v) is 4.71. The highest BCUT2D eigenvalue weighted by Gasteiger charge is 2.19. The van der Waals surface area contributed by atoms with Gasteiger partial charge in [-0.2, -0.15) is 4.98 Å². The van der Waals surface area contributed by atoms with Crippen LogP contribution < -0.4 is 9.64 Å². The molecule has 0 N–H and O–H groups in total. The molecule has 0 atom stereocenters. The summed E-state index contributed by atoms with van der Waals surface area (Å²) in [6, 6.07) is 5.83. The van der Waals surface area contributed by atoms with Gasteiger partial charge in [0.25, 0.3) is 0 Å². The fraction of sp³-hybridized carbons (Fsp3) is 0.429. The van der Waals surface area contributed by atoms with E-state index in [2.05, 4.69) is 25.8 Å². The van der Waals surface area contributed by atoms with Gasteiger partial charge < -0.3 is 9.64 Å². The number of nitrogens with zero attached hydrogens (tertiary/aromatic N) is 4. The van der Waals surface area contributed by atoms with E-state index in [1.807, 2.05) is 6.07 Å². The Balaban J connectivity index is 1.57. The van der Waals surface area contributed by atoms with Gasteiger partial charge in [0, 0.05) is 49.9 Å². The van der Waals surface area contributed by atoms with Gasteiger partial charge in [-0.1, -0.05) is 11.6 Å². The van der Waals surface area contributed by atoms with Crippen LogP contribution in [0.1, 0.15) is 4.88 Å². The number of ether oxygens (including phenoxy) is 1. The van der Waals surface area contributed by atoms with Gasteiger partial charge in [0.1, 0.15) is 0 Å². The molecular weight excluding hydrogens is 308 g/mol. The Kier molecular flexibility index (Phi) is 4.57. The first-order valence-corrected chi connectivity index (χ1v) is 8.02. The van der Waals surface area contributed by atoms with Crippen LogP contribution in [0.3, 0.4) is 0 Å². The maximum Gasteiger partial charge on any atom is 0.228 e. The van der Waals surface area contributed by atoms with Gasteiger partial charge in [-0.05, 0) is 12.1 Å². The molecule has 2 aromatic rings. The topological polar surface area (TPSA) is 41.5 Å². The molecule has 2 aromatic heterocycles. The lowest BCUT2D eigenvalue weighted by Gasteiger charge is -2.34. The summed E-state index contributed by atoms with van der Waals surface area (Å²) >= 11 is 7.63. The van der Waals surface area contributed by atoms with E-state index in [9.17, 15) is 0 Å². The van der Waals surface area contributed by atoms with E-state index in [4.69, 9.17) is 16.3 Å². The molecule has 1 aliphatic rings. The van der Waals surface area contributed by atoms with E-state index in [0.717, 1.165) is 43.0 Å². The van der Waals surface area contributed by atoms with E-state index >= 15 is 0 Å². The molecule has 5 nitrogen and oxygen atoms in total. The van der Waals surface area contributed by atoms with Gasteiger partial charge in [0.2, 0.25) is 11.8 Å². The highest BCUT2D eigenvalue weighted by molar-refractivity contribution is 7.16. The Hall–Kier alpha value is -1.37. The largest absolute Gasteiger partial charge is 0.481 e. The summed E-state index contributed by atoms with van der Waals surface area (Å²) < 4.78 is 6.00. The number of thiophene rings is 1. The van der Waals surface area contributed by atoms with Crippen molar-refractivity contribution in [2.75, 3.05) is 38.2 Å². The zero-order valence-electron chi connectivity index (χ0n) is 11.8. The lowest BCUT2D eigenvalue weighted by Crippen LogP contribution is -2.46. The lowest BCUT2D eigenvalue weighted by molar-refractivity contribution is 0.250. The Labute approximate surface area is 133 Å². The molecule has 0 amide bonds. The van der Waals surface area contributed by atoms with Crippen LogP contribution in [0.25, 0.3) is 0 Å². The summed E-state index contributed by atoms with van der Waals surface area (Å²) in [5, 5.41) is 0. The van der Waals surface area contributed by atoms with Crippen molar-refractivity contribution in [2.24, 2.45) is 0 Å². The van der Waals surface area contributed by atoms with Crippen molar-refractivity contribution in [3.8, 4) is 5.88 Å². The fourth-order valence-corrected chi connectivity index (χ4v) is 3.49. The molecule has 3 heterocycles. The van der Waals surface area contributed by atoms with Gasteiger partial charge in [-0.15, -0.1) is 11.3 Å². The Morgan fingerprint density at radius 2 is 2.05 bits per heavy atom. The quantitative estimate of drug-likeness (QED) is 0.864. The third kappa shape index (κ3) is 3.64. The second kappa shape index (κ2) is 6.60. The number of aromatic nitrogens is 2. The molecule has 0 saturated carbocycles. The van der Waals surface area contributed by atoms with Crippen molar-refractivity contribution >= 4 is 28.9 Å². The number of methoxy groups -OCH3 is 1. The van der Waals surface area contributed by atoms with Crippen LogP contribution in [-0.2, 0) is 6.54 Å². The van der Waals surface area contributed by atoms with Crippen molar-refractivity contribution in [1.82, 2.24) is 14.9 Å². The van der Waals surface area contributed by atoms with Gasteiger partial charge in [-0.3, -0.25) is 4.90 Å². The second-order valence-electron chi connectivity index (χ2n) is 4.87. The normalized spacial score (nSPS) is 16.2. The van der Waals surface area contributed by atoms with E-state index in [0.29, 0.717) is 5.88 Å². The maximum atomic E-state index is 5.97. The van der Waals surface area contributed by atoms with E-state index in [1.165, 1.54) is 4.88 Å². The van der Waals surface area contributed by atoms with Crippen LogP contribution >= 0.6 is 22.9 Å². The zero-order valence-corrected chi connectivity index (χ0v) is 13.4. The van der Waals surface area contributed by atoms with Crippen molar-refractivity contribution in [3.63, 3.8) is 0 Å². The van der Waals surface area contributed by atoms with E-state index in [-0.39, 0.29) is 0 Å². The molecule has 0 spiro atoms. The third-order valence-electron chi connectivity index (χ3n) is 3.49. The van der Waals surface area contributed by atoms with E-state index in [1.54, 1.807) is 30.7 Å². The van der Waals surface area contributed by atoms with Gasteiger partial charge in [0.15, 0.2) is 0 Å². The van der Waals surface area contributed by atoms with Crippen molar-refractivity contribution < 1.29 is 4.74 Å². The number of halogens is 1. The first kappa shape index (κ1) is 14.6. The monoisotopic (exact) mass is 324 g/mol. The number of hydrogen-bond acceptors (Lipinski definition) is 6. The van der Waals surface area contributed by atoms with Gasteiger partial charge >= 0.3 is 0 Å². The summed E-state index contributed by atoms with van der Waals surface area (Å²) in [6.45, 7) is 4.80. The highest BCUT2D eigenvalue weighted by Crippen LogP contribution is 2.23. The molecule has 3 rings (SSSR count). The summed E-state index contributed by atoms with van der Waals surface area (Å²) in [5.74, 6) is 1.35. The van der Waals surface area contributed by atoms with E-state index < -0.39 is 0 Å². The van der Waals surface area contributed by atoms with Crippen LogP contribution in [0.2, 0.25) is 4.34 Å². The highest BCUT2D eigenvalue weighted by atomic mass is 35.5. The summed E-state index contributed by atoms with van der Waals surface area (Å²) in [7, 11) is 1.62. The predicted molar refractivity (Wildman–Crippen MR) is 85.4 cm³/mol. The number of hydrogen-bond donors (Lipinski definition) is 0. The number of piperazine rings is 1. The minimum absolute atomic E-state index is 0.607. The molecule has 1 saturated heterocycles. The number of rotatable bonds is 4. The van der Waals surface area contributed by atoms with Gasteiger partial charge in [-0.25, -0.2) is 4.98 Å². The molecule has 0 bridgehead atoms. The summed E-state index contributed by atoms with van der Waals surface area (Å²) in [5.41, 5.74) is 0. The van der Waals surface area contributed by atoms with Crippen LogP contribution in [0.5, 0.6) is 5.88 Å². The minimum atomic E-state index is 0.607. The fourth-order valence-electron chi connectivity index (χ4n) is 2.36. The number of anilines is 1. The Bertz CT molecular complexity index is 598. The predicted octanol–water partition coefficient (Wildman–Crippen LogP) is 2.52. The molecular formula is C14H17ClN4OS. The minimum Gasteiger partial charge on any atom is -0.481 e. The molecule has 1 fully saturated rings. The van der Waals surface area contributed by atoms with Crippen LogP contribution in [0.4, 0.5) is 5.95 Å². The van der Waals surface area contributed by atoms with Crippen molar-refractivity contribution in [3.05, 3.63) is 33.6 Å². The Morgan fingerprint density at radius 3 is 2.71 bits per heavy atom. The molecule has 21 heavy (non-hydrogen) atoms. The standard InChI is InChI=1S/C14H17ClN4OS/c1-20-13-4-5-16-14(17-13)19-8-6-18(7-9-19)10-11-2-3-12(15)21-11/h2-5H,6-10H2,1H3. The lowest BCUT2D eigenvalue weighted by atomic mass is 10.3. The van der Waals surface area contributed by atoms with Crippen LogP contribution in [-0.4, -0.2) is 48.2 Å². The molecule has 0 radical (unpaired) electrons. The molecule has 1 aliphatic heterocycles. The first-order valence-electron chi connectivity index (χ1n) is 6.83. The zero-order chi connectivity index (χ0) is 14.7. The second-order valence-corrected chi connectivity index (χ2v) is 6.67. The first-order chi connectivity index (χ1) is 10.2. The maximum absolute atomic E-state index is 5.97. The SMILES string of the molecule is COc1ccnc(N2CCN(Cc3ccc(Cl)s3)CC2)n1. The smallest absolute Gasteiger partial charge is 0.228 e. The molecule has 0 unspecified atom stereocenters. The molecule has 0 aromatic carbocycles. The van der Waals surface area contributed by atoms with Gasteiger partial charge in [0.05, 0.1) is 11.4 Å². The summed E-state index contributed by atoms with van der Waals surface area (Å²) in [4.78, 5) is 14.6. The van der Waals surface area contributed by atoms with Crippen molar-refractivity contribution in [2.45, 2.75) is 6.54 Å². The van der Waals surface area contributed by atoms with Crippen molar-refractivity contribution in [1.29, 1.82) is 0 Å². The van der Waals surface area contributed by atoms with Crippen LogP contribution in [0.15, 0.2) is 24.4 Å². The molecule has 112 valence electrons. The summed E-state index contributed by atoms with van der Waals surface area (Å²) in [6.07, 6.45) is 1.74. The average molecular weight is 325 g/mol. The molecule has 7 heteroatoms. The average Bonchev–Trinajstić information content (AvgIpc) is 2.93.